The lowest BCUT2D eigenvalue weighted by atomic mass is 10.3. The van der Waals surface area contributed by atoms with Crippen molar-refractivity contribution < 1.29 is 0 Å². The van der Waals surface area contributed by atoms with Crippen LogP contribution in [0.15, 0.2) is 10.7 Å². The molecule has 0 spiro atoms. The molecule has 0 aliphatic rings. The maximum Gasteiger partial charge on any atom is 0.131 e. The molecular weight excluding hydrogens is 333 g/mol. The Labute approximate surface area is 91.2 Å². The fourth-order valence-corrected chi connectivity index (χ4v) is 2.14. The predicted molar refractivity (Wildman–Crippen MR) is 59.0 cm³/mol. The topological polar surface area (TPSA) is 41.6 Å². The summed E-state index contributed by atoms with van der Waals surface area (Å²) in [5.41, 5.74) is 1.98. The van der Waals surface area contributed by atoms with Gasteiger partial charge in [0.15, 0.2) is 0 Å². The van der Waals surface area contributed by atoms with Gasteiger partial charge in [0.2, 0.25) is 0 Å². The Morgan fingerprint density at radius 1 is 1.58 bits per heavy atom. The molecule has 12 heavy (non-hydrogen) atoms. The summed E-state index contributed by atoms with van der Waals surface area (Å²) >= 11 is 5.54. The summed E-state index contributed by atoms with van der Waals surface area (Å²) in [5, 5.41) is 8.16. The van der Waals surface area contributed by atoms with Crippen LogP contribution < -0.4 is 0 Å². The van der Waals surface area contributed by atoms with Crippen molar-refractivity contribution in [2.75, 3.05) is 0 Å². The number of hydrogen-bond donors (Lipinski definition) is 1. The van der Waals surface area contributed by atoms with Crippen LogP contribution in [0.25, 0.3) is 10.9 Å². The van der Waals surface area contributed by atoms with Gasteiger partial charge in [0.25, 0.3) is 0 Å². The van der Waals surface area contributed by atoms with E-state index >= 15 is 0 Å². The lowest BCUT2D eigenvalue weighted by Crippen LogP contribution is -1.83. The van der Waals surface area contributed by atoms with Crippen LogP contribution in [0.2, 0.25) is 0 Å². The number of H-pyrrole nitrogens is 1. The monoisotopic (exact) mass is 337 g/mol. The molecule has 3 nitrogen and oxygen atoms in total. The van der Waals surface area contributed by atoms with Crippen molar-refractivity contribution >= 4 is 49.4 Å². The Kier molecular flexibility index (Phi) is 2.07. The normalized spacial score (nSPS) is 10.9. The molecule has 1 N–H and O–H groups in total. The number of aryl methyl sites for hydroxylation is 1. The zero-order valence-electron chi connectivity index (χ0n) is 6.23. The second-order valence-electron chi connectivity index (χ2n) is 2.47. The van der Waals surface area contributed by atoms with Gasteiger partial charge < -0.3 is 0 Å². The number of nitrogens with one attached hydrogen (secondary N) is 1. The van der Waals surface area contributed by atoms with Crippen LogP contribution in [0.3, 0.4) is 0 Å². The number of rotatable bonds is 0. The van der Waals surface area contributed by atoms with Gasteiger partial charge in [-0.15, -0.1) is 0 Å². The van der Waals surface area contributed by atoms with E-state index in [-0.39, 0.29) is 0 Å². The van der Waals surface area contributed by atoms with Crippen LogP contribution in [0, 0.1) is 10.6 Å². The smallest absolute Gasteiger partial charge is 0.131 e. The van der Waals surface area contributed by atoms with E-state index in [9.17, 15) is 0 Å². The number of halogens is 2. The Bertz CT molecular complexity index is 437. The van der Waals surface area contributed by atoms with Crippen molar-refractivity contribution in [1.82, 2.24) is 15.2 Å². The van der Waals surface area contributed by atoms with Gasteiger partial charge >= 0.3 is 0 Å². The highest BCUT2D eigenvalue weighted by Crippen LogP contribution is 2.22. The minimum Gasteiger partial charge on any atom is -0.275 e. The first-order valence-corrected chi connectivity index (χ1v) is 5.22. The van der Waals surface area contributed by atoms with Crippen LogP contribution in [-0.4, -0.2) is 15.2 Å². The van der Waals surface area contributed by atoms with E-state index < -0.39 is 0 Å². The molecule has 2 rings (SSSR count). The van der Waals surface area contributed by atoms with Crippen LogP contribution in [-0.2, 0) is 0 Å². The summed E-state index contributed by atoms with van der Waals surface area (Å²) in [7, 11) is 0. The summed E-state index contributed by atoms with van der Waals surface area (Å²) in [6, 6.07) is 1.97. The molecule has 0 unspecified atom stereocenters. The van der Waals surface area contributed by atoms with E-state index in [4.69, 9.17) is 0 Å². The molecule has 2 aromatic heterocycles. The van der Waals surface area contributed by atoms with E-state index in [1.165, 1.54) is 0 Å². The Hall–Kier alpha value is -0.170. The molecule has 2 aromatic rings. The van der Waals surface area contributed by atoms with Gasteiger partial charge in [0, 0.05) is 5.39 Å². The van der Waals surface area contributed by atoms with Crippen molar-refractivity contribution in [3.63, 3.8) is 0 Å². The molecule has 0 radical (unpaired) electrons. The van der Waals surface area contributed by atoms with Gasteiger partial charge in [0.1, 0.15) is 8.30 Å². The molecule has 2 heterocycles. The van der Waals surface area contributed by atoms with Gasteiger partial charge in [-0.05, 0) is 51.5 Å². The average molecular weight is 338 g/mol. The summed E-state index contributed by atoms with van der Waals surface area (Å²) in [5.74, 6) is 0. The molecule has 0 saturated carbocycles. The second-order valence-corrected chi connectivity index (χ2v) is 4.30. The lowest BCUT2D eigenvalue weighted by Gasteiger charge is -1.95. The SMILES string of the molecule is Cc1nc(Br)cc2c(I)n[nH]c12. The standard InChI is InChI=1S/C7H5BrIN3/c1-3-6-4(2-5(8)10-3)7(9)12-11-6/h2H,1H3,(H,11,12). The summed E-state index contributed by atoms with van der Waals surface area (Å²) in [6.45, 7) is 1.96. The molecule has 5 heteroatoms. The van der Waals surface area contributed by atoms with E-state index in [0.29, 0.717) is 0 Å². The lowest BCUT2D eigenvalue weighted by molar-refractivity contribution is 1.08. The first kappa shape index (κ1) is 8.43. The zero-order valence-corrected chi connectivity index (χ0v) is 9.97. The molecule has 0 saturated heterocycles. The molecule has 0 amide bonds. The largest absolute Gasteiger partial charge is 0.275 e. The van der Waals surface area contributed by atoms with E-state index in [1.54, 1.807) is 0 Å². The molecule has 0 aromatic carbocycles. The van der Waals surface area contributed by atoms with Crippen molar-refractivity contribution in [3.8, 4) is 0 Å². The number of aromatic amines is 1. The Morgan fingerprint density at radius 3 is 3.08 bits per heavy atom. The van der Waals surface area contributed by atoms with E-state index in [1.807, 2.05) is 13.0 Å². The highest BCUT2D eigenvalue weighted by molar-refractivity contribution is 14.1. The highest BCUT2D eigenvalue weighted by Gasteiger charge is 2.06. The molecule has 0 fully saturated rings. The molecule has 0 aliphatic heterocycles. The van der Waals surface area contributed by atoms with Gasteiger partial charge in [-0.1, -0.05) is 0 Å². The minimum absolute atomic E-state index is 0.854. The maximum absolute atomic E-state index is 4.26. The van der Waals surface area contributed by atoms with Crippen LogP contribution in [0.5, 0.6) is 0 Å². The average Bonchev–Trinajstić information content (AvgIpc) is 2.33. The van der Waals surface area contributed by atoms with Crippen molar-refractivity contribution in [1.29, 1.82) is 0 Å². The second kappa shape index (κ2) is 2.95. The number of hydrogen-bond acceptors (Lipinski definition) is 2. The fourth-order valence-electron chi connectivity index (χ4n) is 1.10. The first-order chi connectivity index (χ1) is 5.68. The van der Waals surface area contributed by atoms with Gasteiger partial charge in [-0.3, -0.25) is 5.10 Å². The van der Waals surface area contributed by atoms with E-state index in [2.05, 4.69) is 53.7 Å². The Morgan fingerprint density at radius 2 is 2.33 bits per heavy atom. The first-order valence-electron chi connectivity index (χ1n) is 3.35. The number of nitrogens with zero attached hydrogens (tertiary/aromatic N) is 2. The molecule has 0 aliphatic carbocycles. The summed E-state index contributed by atoms with van der Waals surface area (Å²) in [6.07, 6.45) is 0. The van der Waals surface area contributed by atoms with Crippen LogP contribution >= 0.6 is 38.5 Å². The van der Waals surface area contributed by atoms with Crippen molar-refractivity contribution in [2.45, 2.75) is 6.92 Å². The minimum atomic E-state index is 0.854. The number of pyridine rings is 1. The third kappa shape index (κ3) is 1.24. The molecule has 0 atom stereocenters. The molecular formula is C7H5BrIN3. The number of aromatic nitrogens is 3. The van der Waals surface area contributed by atoms with Gasteiger partial charge in [-0.25, -0.2) is 4.98 Å². The highest BCUT2D eigenvalue weighted by atomic mass is 127. The van der Waals surface area contributed by atoms with Crippen molar-refractivity contribution in [3.05, 3.63) is 20.1 Å². The quantitative estimate of drug-likeness (QED) is 0.593. The van der Waals surface area contributed by atoms with Gasteiger partial charge in [-0.2, -0.15) is 5.10 Å². The zero-order chi connectivity index (χ0) is 8.72. The van der Waals surface area contributed by atoms with Crippen molar-refractivity contribution in [2.24, 2.45) is 0 Å². The van der Waals surface area contributed by atoms with Crippen LogP contribution in [0.1, 0.15) is 5.69 Å². The number of fused-ring (bicyclic) bond motifs is 1. The summed E-state index contributed by atoms with van der Waals surface area (Å²) in [4.78, 5) is 4.26. The fraction of sp³-hybridized carbons (Fsp3) is 0.143. The van der Waals surface area contributed by atoms with Crippen LogP contribution in [0.4, 0.5) is 0 Å². The Balaban J connectivity index is 2.92. The third-order valence-electron chi connectivity index (χ3n) is 1.66. The predicted octanol–water partition coefficient (Wildman–Crippen LogP) is 2.63. The third-order valence-corrected chi connectivity index (χ3v) is 2.89. The molecule has 62 valence electrons. The van der Waals surface area contributed by atoms with Gasteiger partial charge in [0.05, 0.1) is 11.2 Å². The van der Waals surface area contributed by atoms with E-state index in [0.717, 1.165) is 24.9 Å². The summed E-state index contributed by atoms with van der Waals surface area (Å²) < 4.78 is 1.83. The molecule has 0 bridgehead atoms. The maximum atomic E-state index is 4.26.